The number of aryl methyl sites for hydroxylation is 2. The standard InChI is InChI=1S/C12H19N7/c1-17-7-5-14-10(17)8-19-6-3-4-9(19)11-15-12(13)18(2)16-11/h5,7,9H,3-4,6,8H2,1-2H3,(H2,13,15,16). The third-order valence-electron chi connectivity index (χ3n) is 3.74. The summed E-state index contributed by atoms with van der Waals surface area (Å²) in [4.78, 5) is 11.1. The smallest absolute Gasteiger partial charge is 0.218 e. The monoisotopic (exact) mass is 261 g/mol. The molecule has 1 atom stereocenters. The summed E-state index contributed by atoms with van der Waals surface area (Å²) in [6.07, 6.45) is 6.04. The topological polar surface area (TPSA) is 77.8 Å². The molecule has 7 heteroatoms. The Labute approximate surface area is 112 Å². The van der Waals surface area contributed by atoms with Crippen molar-refractivity contribution in [2.75, 3.05) is 12.3 Å². The van der Waals surface area contributed by atoms with Gasteiger partial charge >= 0.3 is 0 Å². The summed E-state index contributed by atoms with van der Waals surface area (Å²) in [7, 11) is 3.84. The van der Waals surface area contributed by atoms with Crippen LogP contribution in [0.3, 0.4) is 0 Å². The highest BCUT2D eigenvalue weighted by Gasteiger charge is 2.30. The normalized spacial score (nSPS) is 20.2. The molecule has 2 N–H and O–H groups in total. The minimum Gasteiger partial charge on any atom is -0.368 e. The minimum absolute atomic E-state index is 0.250. The van der Waals surface area contributed by atoms with Crippen molar-refractivity contribution in [1.29, 1.82) is 0 Å². The molecule has 2 aromatic rings. The van der Waals surface area contributed by atoms with Crippen molar-refractivity contribution in [2.24, 2.45) is 14.1 Å². The van der Waals surface area contributed by atoms with Crippen molar-refractivity contribution in [3.63, 3.8) is 0 Å². The van der Waals surface area contributed by atoms with Crippen LogP contribution in [0.1, 0.15) is 30.5 Å². The first-order chi connectivity index (χ1) is 9.15. The predicted molar refractivity (Wildman–Crippen MR) is 71.0 cm³/mol. The van der Waals surface area contributed by atoms with Crippen LogP contribution in [0.4, 0.5) is 5.95 Å². The second kappa shape index (κ2) is 4.65. The Morgan fingerprint density at radius 2 is 2.26 bits per heavy atom. The van der Waals surface area contributed by atoms with Gasteiger partial charge in [0.05, 0.1) is 12.6 Å². The fraction of sp³-hybridized carbons (Fsp3) is 0.583. The van der Waals surface area contributed by atoms with E-state index in [-0.39, 0.29) is 6.04 Å². The molecule has 1 fully saturated rings. The van der Waals surface area contributed by atoms with Crippen LogP contribution in [0.5, 0.6) is 0 Å². The average molecular weight is 261 g/mol. The van der Waals surface area contributed by atoms with Gasteiger partial charge in [-0.05, 0) is 19.4 Å². The Morgan fingerprint density at radius 1 is 1.42 bits per heavy atom. The zero-order valence-electron chi connectivity index (χ0n) is 11.3. The second-order valence-electron chi connectivity index (χ2n) is 5.03. The number of aromatic nitrogens is 5. The number of hydrogen-bond donors (Lipinski definition) is 1. The Kier molecular flexibility index (Phi) is 2.98. The lowest BCUT2D eigenvalue weighted by Crippen LogP contribution is -2.25. The molecule has 1 aliphatic heterocycles. The van der Waals surface area contributed by atoms with E-state index in [9.17, 15) is 0 Å². The molecule has 1 saturated heterocycles. The number of nitrogens with zero attached hydrogens (tertiary/aromatic N) is 6. The van der Waals surface area contributed by atoms with Gasteiger partial charge in [-0.25, -0.2) is 9.67 Å². The lowest BCUT2D eigenvalue weighted by molar-refractivity contribution is 0.231. The summed E-state index contributed by atoms with van der Waals surface area (Å²) >= 11 is 0. The van der Waals surface area contributed by atoms with Crippen molar-refractivity contribution in [1.82, 2.24) is 29.2 Å². The molecule has 0 saturated carbocycles. The molecule has 2 aromatic heterocycles. The zero-order chi connectivity index (χ0) is 13.4. The fourth-order valence-electron chi connectivity index (χ4n) is 2.60. The lowest BCUT2D eigenvalue weighted by atomic mass is 10.2. The van der Waals surface area contributed by atoms with Crippen molar-refractivity contribution in [3.05, 3.63) is 24.0 Å². The van der Waals surface area contributed by atoms with Crippen molar-refractivity contribution >= 4 is 5.95 Å². The highest BCUT2D eigenvalue weighted by molar-refractivity contribution is 5.17. The van der Waals surface area contributed by atoms with Crippen LogP contribution in [0.15, 0.2) is 12.4 Å². The Hall–Kier alpha value is -1.89. The SMILES string of the molecule is Cn1ccnc1CN1CCCC1c1nc(N)n(C)n1. The molecule has 19 heavy (non-hydrogen) atoms. The lowest BCUT2D eigenvalue weighted by Gasteiger charge is -2.21. The Morgan fingerprint density at radius 3 is 2.89 bits per heavy atom. The maximum atomic E-state index is 5.77. The molecule has 0 aliphatic carbocycles. The van der Waals surface area contributed by atoms with Gasteiger partial charge in [0.1, 0.15) is 5.82 Å². The number of nitrogen functional groups attached to an aromatic ring is 1. The molecule has 0 aromatic carbocycles. The van der Waals surface area contributed by atoms with E-state index in [0.29, 0.717) is 5.95 Å². The molecule has 0 amide bonds. The second-order valence-corrected chi connectivity index (χ2v) is 5.03. The van der Waals surface area contributed by atoms with E-state index in [1.807, 2.05) is 26.5 Å². The first-order valence-electron chi connectivity index (χ1n) is 6.52. The third kappa shape index (κ3) is 2.21. The van der Waals surface area contributed by atoms with Gasteiger partial charge in [-0.3, -0.25) is 4.90 Å². The van der Waals surface area contributed by atoms with Crippen molar-refractivity contribution in [2.45, 2.75) is 25.4 Å². The van der Waals surface area contributed by atoms with E-state index in [1.165, 1.54) is 0 Å². The predicted octanol–water partition coefficient (Wildman–Crippen LogP) is 0.468. The fourth-order valence-corrected chi connectivity index (χ4v) is 2.60. The first kappa shape index (κ1) is 12.2. The number of likely N-dealkylation sites (tertiary alicyclic amines) is 1. The largest absolute Gasteiger partial charge is 0.368 e. The molecular formula is C12H19N7. The van der Waals surface area contributed by atoms with Crippen LogP contribution in [-0.4, -0.2) is 35.8 Å². The summed E-state index contributed by atoms with van der Waals surface area (Å²) < 4.78 is 3.68. The van der Waals surface area contributed by atoms with Crippen molar-refractivity contribution < 1.29 is 0 Å². The van der Waals surface area contributed by atoms with Gasteiger partial charge < -0.3 is 10.3 Å². The van der Waals surface area contributed by atoms with Crippen LogP contribution in [0, 0.1) is 0 Å². The van der Waals surface area contributed by atoms with Crippen LogP contribution in [0.2, 0.25) is 0 Å². The van der Waals surface area contributed by atoms with Gasteiger partial charge in [0.25, 0.3) is 0 Å². The molecule has 0 radical (unpaired) electrons. The van der Waals surface area contributed by atoms with Gasteiger partial charge in [-0.1, -0.05) is 0 Å². The van der Waals surface area contributed by atoms with Gasteiger partial charge in [-0.2, -0.15) is 10.1 Å². The molecule has 3 rings (SSSR count). The van der Waals surface area contributed by atoms with Crippen LogP contribution in [-0.2, 0) is 20.6 Å². The molecule has 1 unspecified atom stereocenters. The molecule has 7 nitrogen and oxygen atoms in total. The van der Waals surface area contributed by atoms with Crippen LogP contribution in [0.25, 0.3) is 0 Å². The number of rotatable bonds is 3. The van der Waals surface area contributed by atoms with Gasteiger partial charge in [0.15, 0.2) is 5.82 Å². The summed E-state index contributed by atoms with van der Waals surface area (Å²) in [6.45, 7) is 1.88. The quantitative estimate of drug-likeness (QED) is 0.869. The first-order valence-corrected chi connectivity index (χ1v) is 6.52. The summed E-state index contributed by atoms with van der Waals surface area (Å²) in [5, 5.41) is 4.41. The Bertz CT molecular complexity index is 551. The maximum Gasteiger partial charge on any atom is 0.218 e. The molecule has 3 heterocycles. The summed E-state index contributed by atoms with van der Waals surface area (Å²) in [6, 6.07) is 0.250. The van der Waals surface area contributed by atoms with Crippen molar-refractivity contribution in [3.8, 4) is 0 Å². The number of anilines is 1. The molecule has 0 spiro atoms. The van der Waals surface area contributed by atoms with Gasteiger partial charge in [0, 0.05) is 26.5 Å². The molecule has 1 aliphatic rings. The number of hydrogen-bond acceptors (Lipinski definition) is 5. The maximum absolute atomic E-state index is 5.77. The molecular weight excluding hydrogens is 242 g/mol. The zero-order valence-corrected chi connectivity index (χ0v) is 11.3. The van der Waals surface area contributed by atoms with E-state index in [4.69, 9.17) is 5.73 Å². The summed E-state index contributed by atoms with van der Waals surface area (Å²) in [5.41, 5.74) is 5.77. The number of nitrogens with two attached hydrogens (primary N) is 1. The van der Waals surface area contributed by atoms with Crippen LogP contribution < -0.4 is 5.73 Å². The van der Waals surface area contributed by atoms with E-state index in [2.05, 4.69) is 24.5 Å². The van der Waals surface area contributed by atoms with Gasteiger partial charge in [0.2, 0.25) is 5.95 Å². The molecule has 102 valence electrons. The highest BCUT2D eigenvalue weighted by atomic mass is 15.4. The number of imidazole rings is 1. The third-order valence-corrected chi connectivity index (χ3v) is 3.74. The Balaban J connectivity index is 1.80. The van der Waals surface area contributed by atoms with E-state index in [0.717, 1.165) is 37.6 Å². The van der Waals surface area contributed by atoms with E-state index in [1.54, 1.807) is 4.68 Å². The highest BCUT2D eigenvalue weighted by Crippen LogP contribution is 2.31. The van der Waals surface area contributed by atoms with E-state index < -0.39 is 0 Å². The van der Waals surface area contributed by atoms with E-state index >= 15 is 0 Å². The van der Waals surface area contributed by atoms with Gasteiger partial charge in [-0.15, -0.1) is 0 Å². The molecule has 0 bridgehead atoms. The van der Waals surface area contributed by atoms with Crippen LogP contribution >= 0.6 is 0 Å². The minimum atomic E-state index is 0.250. The average Bonchev–Trinajstić information content (AvgIpc) is 3.05. The summed E-state index contributed by atoms with van der Waals surface area (Å²) in [5.74, 6) is 2.36.